The highest BCUT2D eigenvalue weighted by Gasteiger charge is 2.29. The van der Waals surface area contributed by atoms with Crippen molar-refractivity contribution >= 4 is 22.6 Å². The summed E-state index contributed by atoms with van der Waals surface area (Å²) in [7, 11) is 1.62. The zero-order valence-electron chi connectivity index (χ0n) is 10.1. The molecule has 4 heteroatoms. The Morgan fingerprint density at radius 1 is 1.33 bits per heavy atom. The number of hydrogen-bond acceptors (Lipinski definition) is 3. The normalized spacial score (nSPS) is 14.5. The first-order valence-electron chi connectivity index (χ1n) is 6.02. The topological polar surface area (TPSA) is 51.2 Å². The van der Waals surface area contributed by atoms with Crippen molar-refractivity contribution < 1.29 is 9.53 Å². The lowest BCUT2D eigenvalue weighted by molar-refractivity contribution is -0.117. The van der Waals surface area contributed by atoms with Gasteiger partial charge in [-0.1, -0.05) is 12.1 Å². The van der Waals surface area contributed by atoms with Crippen molar-refractivity contribution in [2.24, 2.45) is 5.92 Å². The molecule has 1 fully saturated rings. The van der Waals surface area contributed by atoms with Crippen LogP contribution >= 0.6 is 0 Å². The molecule has 2 aromatic rings. The highest BCUT2D eigenvalue weighted by molar-refractivity contribution is 5.95. The van der Waals surface area contributed by atoms with Gasteiger partial charge in [-0.25, -0.2) is 4.98 Å². The number of fused-ring (bicyclic) bond motifs is 1. The van der Waals surface area contributed by atoms with Crippen LogP contribution in [0.5, 0.6) is 5.75 Å². The van der Waals surface area contributed by atoms with E-state index < -0.39 is 0 Å². The lowest BCUT2D eigenvalue weighted by atomic mass is 10.2. The number of amides is 1. The first-order chi connectivity index (χ1) is 8.78. The molecule has 0 aliphatic heterocycles. The molecule has 1 aromatic heterocycles. The fourth-order valence-corrected chi connectivity index (χ4v) is 1.93. The van der Waals surface area contributed by atoms with Crippen molar-refractivity contribution in [2.75, 3.05) is 12.4 Å². The van der Waals surface area contributed by atoms with E-state index in [1.807, 2.05) is 30.3 Å². The van der Waals surface area contributed by atoms with Crippen LogP contribution in [0, 0.1) is 5.92 Å². The molecule has 0 atom stereocenters. The van der Waals surface area contributed by atoms with Gasteiger partial charge in [0.15, 0.2) is 0 Å². The minimum absolute atomic E-state index is 0.0664. The van der Waals surface area contributed by atoms with Gasteiger partial charge in [-0.3, -0.25) is 4.79 Å². The quantitative estimate of drug-likeness (QED) is 0.900. The number of benzene rings is 1. The number of rotatable bonds is 3. The molecule has 1 heterocycles. The fourth-order valence-electron chi connectivity index (χ4n) is 1.93. The van der Waals surface area contributed by atoms with Crippen molar-refractivity contribution in [1.29, 1.82) is 0 Å². The van der Waals surface area contributed by atoms with Crippen LogP contribution in [0.4, 0.5) is 5.82 Å². The van der Waals surface area contributed by atoms with E-state index in [2.05, 4.69) is 10.3 Å². The molecule has 4 nitrogen and oxygen atoms in total. The molecule has 0 unspecified atom stereocenters. The van der Waals surface area contributed by atoms with Gasteiger partial charge in [0.2, 0.25) is 5.91 Å². The van der Waals surface area contributed by atoms with Gasteiger partial charge in [0.05, 0.1) is 7.11 Å². The van der Waals surface area contributed by atoms with E-state index in [0.29, 0.717) is 5.82 Å². The van der Waals surface area contributed by atoms with E-state index >= 15 is 0 Å². The van der Waals surface area contributed by atoms with Gasteiger partial charge in [0.25, 0.3) is 0 Å². The smallest absolute Gasteiger partial charge is 0.228 e. The van der Waals surface area contributed by atoms with Crippen LogP contribution in [0.2, 0.25) is 0 Å². The Morgan fingerprint density at radius 3 is 2.89 bits per heavy atom. The highest BCUT2D eigenvalue weighted by atomic mass is 16.5. The van der Waals surface area contributed by atoms with E-state index in [1.165, 1.54) is 0 Å². The van der Waals surface area contributed by atoms with Gasteiger partial charge in [-0.15, -0.1) is 0 Å². The van der Waals surface area contributed by atoms with Gasteiger partial charge in [0.1, 0.15) is 17.1 Å². The summed E-state index contributed by atoms with van der Waals surface area (Å²) in [5.41, 5.74) is 0.772. The van der Waals surface area contributed by atoms with E-state index in [0.717, 1.165) is 29.5 Å². The van der Waals surface area contributed by atoms with Crippen LogP contribution < -0.4 is 10.1 Å². The number of para-hydroxylation sites is 1. The minimum atomic E-state index is 0.0664. The Kier molecular flexibility index (Phi) is 2.63. The molecule has 1 saturated carbocycles. The average Bonchev–Trinajstić information content (AvgIpc) is 3.22. The van der Waals surface area contributed by atoms with Crippen LogP contribution in [0.25, 0.3) is 10.9 Å². The molecular formula is C14H14N2O2. The Hall–Kier alpha value is -2.10. The molecule has 1 amide bonds. The number of nitrogens with zero attached hydrogens (tertiary/aromatic N) is 1. The first-order valence-corrected chi connectivity index (χ1v) is 6.02. The van der Waals surface area contributed by atoms with Crippen molar-refractivity contribution in [2.45, 2.75) is 12.8 Å². The second-order valence-corrected chi connectivity index (χ2v) is 4.49. The zero-order valence-corrected chi connectivity index (χ0v) is 10.1. The zero-order chi connectivity index (χ0) is 12.5. The number of nitrogens with one attached hydrogen (secondary N) is 1. The van der Waals surface area contributed by atoms with Crippen LogP contribution in [-0.4, -0.2) is 18.0 Å². The Labute approximate surface area is 105 Å². The molecule has 1 N–H and O–H groups in total. The third-order valence-corrected chi connectivity index (χ3v) is 3.10. The fraction of sp³-hybridized carbons (Fsp3) is 0.286. The van der Waals surface area contributed by atoms with E-state index in [1.54, 1.807) is 7.11 Å². The summed E-state index contributed by atoms with van der Waals surface area (Å²) in [6, 6.07) is 9.51. The van der Waals surface area contributed by atoms with E-state index in [-0.39, 0.29) is 11.8 Å². The van der Waals surface area contributed by atoms with Gasteiger partial charge in [-0.2, -0.15) is 0 Å². The molecule has 92 valence electrons. The first kappa shape index (κ1) is 11.0. The Balaban J connectivity index is 1.96. The van der Waals surface area contributed by atoms with Crippen LogP contribution in [0.15, 0.2) is 30.3 Å². The number of anilines is 1. The summed E-state index contributed by atoms with van der Waals surface area (Å²) >= 11 is 0. The third kappa shape index (κ3) is 2.01. The van der Waals surface area contributed by atoms with Crippen molar-refractivity contribution in [3.8, 4) is 5.75 Å². The van der Waals surface area contributed by atoms with E-state index in [9.17, 15) is 4.79 Å². The van der Waals surface area contributed by atoms with Gasteiger partial charge >= 0.3 is 0 Å². The number of pyridine rings is 1. The molecule has 1 aromatic carbocycles. The van der Waals surface area contributed by atoms with Crippen molar-refractivity contribution in [3.05, 3.63) is 30.3 Å². The molecule has 1 aliphatic rings. The molecule has 0 saturated heterocycles. The summed E-state index contributed by atoms with van der Waals surface area (Å²) in [4.78, 5) is 16.1. The maximum Gasteiger partial charge on any atom is 0.228 e. The van der Waals surface area contributed by atoms with Gasteiger partial charge in [-0.05, 0) is 31.0 Å². The standard InChI is InChI=1S/C14H14N2O2/c1-18-11-4-2-3-9-7-8-12(15-13(9)11)16-14(17)10-5-6-10/h2-4,7-8,10H,5-6H2,1H3,(H,15,16,17). The molecule has 3 rings (SSSR count). The Morgan fingerprint density at radius 2 is 2.17 bits per heavy atom. The van der Waals surface area contributed by atoms with E-state index in [4.69, 9.17) is 4.74 Å². The predicted octanol–water partition coefficient (Wildman–Crippen LogP) is 2.59. The van der Waals surface area contributed by atoms with Gasteiger partial charge in [0, 0.05) is 11.3 Å². The largest absolute Gasteiger partial charge is 0.494 e. The molecular weight excluding hydrogens is 228 g/mol. The summed E-state index contributed by atoms with van der Waals surface area (Å²) in [6.07, 6.45) is 1.98. The third-order valence-electron chi connectivity index (χ3n) is 3.10. The van der Waals surface area contributed by atoms with Crippen LogP contribution in [-0.2, 0) is 4.79 Å². The SMILES string of the molecule is COc1cccc2ccc(NC(=O)C3CC3)nc12. The molecule has 1 aliphatic carbocycles. The number of carbonyl (C=O) groups is 1. The van der Waals surface area contributed by atoms with Gasteiger partial charge < -0.3 is 10.1 Å². The van der Waals surface area contributed by atoms with Crippen molar-refractivity contribution in [1.82, 2.24) is 4.98 Å². The summed E-state index contributed by atoms with van der Waals surface area (Å²) in [5.74, 6) is 1.55. The van der Waals surface area contributed by atoms with Crippen LogP contribution in [0.3, 0.4) is 0 Å². The number of hydrogen-bond donors (Lipinski definition) is 1. The lowest BCUT2D eigenvalue weighted by Crippen LogP contribution is -2.14. The summed E-state index contributed by atoms with van der Waals surface area (Å²) in [6.45, 7) is 0. The second-order valence-electron chi connectivity index (χ2n) is 4.49. The maximum atomic E-state index is 11.7. The minimum Gasteiger partial charge on any atom is -0.494 e. The van der Waals surface area contributed by atoms with Crippen molar-refractivity contribution in [3.63, 3.8) is 0 Å². The summed E-state index contributed by atoms with van der Waals surface area (Å²) < 4.78 is 5.27. The molecule has 0 bridgehead atoms. The predicted molar refractivity (Wildman–Crippen MR) is 69.6 cm³/mol. The average molecular weight is 242 g/mol. The monoisotopic (exact) mass is 242 g/mol. The number of aromatic nitrogens is 1. The molecule has 0 spiro atoms. The number of carbonyl (C=O) groups excluding carboxylic acids is 1. The number of ether oxygens (including phenoxy) is 1. The second kappa shape index (κ2) is 4.29. The van der Waals surface area contributed by atoms with Crippen LogP contribution in [0.1, 0.15) is 12.8 Å². The molecule has 18 heavy (non-hydrogen) atoms. The lowest BCUT2D eigenvalue weighted by Gasteiger charge is -2.07. The maximum absolute atomic E-state index is 11.7. The number of methoxy groups -OCH3 is 1. The Bertz CT molecular complexity index is 606. The highest BCUT2D eigenvalue weighted by Crippen LogP contribution is 2.30. The molecule has 0 radical (unpaired) electrons. The summed E-state index contributed by atoms with van der Waals surface area (Å²) in [5, 5.41) is 3.84.